The summed E-state index contributed by atoms with van der Waals surface area (Å²) in [5.74, 6) is 0.453. The normalized spacial score (nSPS) is 18.4. The molecule has 0 radical (unpaired) electrons. The molecule has 1 aliphatic heterocycles. The quantitative estimate of drug-likeness (QED) is 0.246. The fourth-order valence-electron chi connectivity index (χ4n) is 4.66. The number of thioether (sulfide) groups is 1. The summed E-state index contributed by atoms with van der Waals surface area (Å²) in [7, 11) is 0. The number of amides is 1. The summed E-state index contributed by atoms with van der Waals surface area (Å²) in [5.41, 5.74) is 0.845. The van der Waals surface area contributed by atoms with Gasteiger partial charge < -0.3 is 5.32 Å². The number of rotatable bonds is 10. The molecule has 3 heterocycles. The van der Waals surface area contributed by atoms with Crippen LogP contribution in [0.25, 0.3) is 11.7 Å². The molecule has 0 atom stereocenters. The van der Waals surface area contributed by atoms with Crippen LogP contribution in [0.1, 0.15) is 83.1 Å². The summed E-state index contributed by atoms with van der Waals surface area (Å²) in [6, 6.07) is 5.81. The van der Waals surface area contributed by atoms with E-state index in [1.807, 2.05) is 18.2 Å². The number of hydrogen-bond acceptors (Lipinski definition) is 6. The van der Waals surface area contributed by atoms with E-state index in [0.29, 0.717) is 38.8 Å². The number of carbonyl (C=O) groups excluding carboxylic acids is 1. The summed E-state index contributed by atoms with van der Waals surface area (Å²) in [6.45, 7) is 2.84. The predicted octanol–water partition coefficient (Wildman–Crippen LogP) is 6.00. The molecule has 1 aliphatic carbocycles. The van der Waals surface area contributed by atoms with Gasteiger partial charge in [-0.1, -0.05) is 88.3 Å². The Morgan fingerprint density at radius 3 is 2.68 bits per heavy atom. The maximum Gasteiger partial charge on any atom is 0.267 e. The van der Waals surface area contributed by atoms with Gasteiger partial charge in [-0.2, -0.15) is 0 Å². The Bertz CT molecular complexity index is 1120. The molecule has 1 N–H and O–H groups in total. The first kappa shape index (κ1) is 24.9. The summed E-state index contributed by atoms with van der Waals surface area (Å²) in [6.07, 6.45) is 16.1. The van der Waals surface area contributed by atoms with Gasteiger partial charge in [0.1, 0.15) is 15.8 Å². The molecule has 1 saturated heterocycles. The third-order valence-electron chi connectivity index (χ3n) is 6.60. The lowest BCUT2D eigenvalue weighted by atomic mass is 9.95. The molecule has 0 unspecified atom stereocenters. The van der Waals surface area contributed by atoms with Gasteiger partial charge in [0, 0.05) is 18.8 Å². The van der Waals surface area contributed by atoms with Crippen molar-refractivity contribution >= 4 is 51.7 Å². The van der Waals surface area contributed by atoms with Gasteiger partial charge in [0.2, 0.25) is 0 Å². The second-order valence-corrected chi connectivity index (χ2v) is 10.9. The Balaban J connectivity index is 1.57. The van der Waals surface area contributed by atoms with Crippen molar-refractivity contribution in [2.75, 3.05) is 11.9 Å². The Hall–Kier alpha value is -2.19. The number of carbonyl (C=O) groups is 1. The van der Waals surface area contributed by atoms with Crippen molar-refractivity contribution in [3.63, 3.8) is 0 Å². The van der Waals surface area contributed by atoms with Crippen LogP contribution in [0.4, 0.5) is 5.82 Å². The number of aromatic nitrogens is 2. The van der Waals surface area contributed by atoms with Crippen molar-refractivity contribution in [3.8, 4) is 0 Å². The van der Waals surface area contributed by atoms with Gasteiger partial charge in [0.15, 0.2) is 0 Å². The second-order valence-electron chi connectivity index (χ2n) is 9.19. The topological polar surface area (TPSA) is 66.7 Å². The van der Waals surface area contributed by atoms with Gasteiger partial charge >= 0.3 is 0 Å². The number of fused-ring (bicyclic) bond motifs is 1. The lowest BCUT2D eigenvalue weighted by Crippen LogP contribution is -2.29. The molecular weight excluding hydrogens is 464 g/mol. The average Bonchev–Trinajstić information content (AvgIpc) is 3.11. The van der Waals surface area contributed by atoms with Crippen LogP contribution >= 0.6 is 24.0 Å². The first-order valence-corrected chi connectivity index (χ1v) is 13.8. The fraction of sp³-hybridized carbons (Fsp3) is 0.538. The molecule has 6 nitrogen and oxygen atoms in total. The highest BCUT2D eigenvalue weighted by Gasteiger charge is 2.32. The van der Waals surface area contributed by atoms with Crippen LogP contribution in [-0.4, -0.2) is 37.1 Å². The molecule has 2 fully saturated rings. The van der Waals surface area contributed by atoms with E-state index >= 15 is 0 Å². The zero-order chi connectivity index (χ0) is 23.9. The lowest BCUT2D eigenvalue weighted by Gasteiger charge is -2.24. The minimum absolute atomic E-state index is 0.107. The summed E-state index contributed by atoms with van der Waals surface area (Å²) < 4.78 is 2.11. The maximum atomic E-state index is 13.4. The van der Waals surface area contributed by atoms with E-state index in [0.717, 1.165) is 25.7 Å². The molecule has 4 rings (SSSR count). The standard InChI is InChI=1S/C26H34N4O2S2/c1-2-3-4-5-6-11-17-30-25(32)21(34-26(30)33)18-20-23(27-19-13-8-7-9-14-19)28-22-15-10-12-16-29(22)24(20)31/h10,12,15-16,18-19,27H,2-9,11,13-14,17H2,1H3. The monoisotopic (exact) mass is 498 g/mol. The summed E-state index contributed by atoms with van der Waals surface area (Å²) >= 11 is 6.80. The van der Waals surface area contributed by atoms with E-state index in [9.17, 15) is 9.59 Å². The lowest BCUT2D eigenvalue weighted by molar-refractivity contribution is -0.122. The van der Waals surface area contributed by atoms with Gasteiger partial charge in [0.25, 0.3) is 11.5 Å². The predicted molar refractivity (Wildman–Crippen MR) is 145 cm³/mol. The highest BCUT2D eigenvalue weighted by atomic mass is 32.2. The van der Waals surface area contributed by atoms with E-state index < -0.39 is 0 Å². The average molecular weight is 499 g/mol. The molecule has 0 spiro atoms. The molecule has 0 bridgehead atoms. The zero-order valence-electron chi connectivity index (χ0n) is 19.9. The van der Waals surface area contributed by atoms with Gasteiger partial charge in [-0.15, -0.1) is 0 Å². The minimum Gasteiger partial charge on any atom is -0.367 e. The van der Waals surface area contributed by atoms with Crippen molar-refractivity contribution in [2.45, 2.75) is 83.6 Å². The van der Waals surface area contributed by atoms with Crippen LogP contribution in [0.5, 0.6) is 0 Å². The molecule has 8 heteroatoms. The highest BCUT2D eigenvalue weighted by Crippen LogP contribution is 2.33. The first-order valence-electron chi connectivity index (χ1n) is 12.6. The Morgan fingerprint density at radius 1 is 1.12 bits per heavy atom. The number of thiocarbonyl (C=S) groups is 1. The van der Waals surface area contributed by atoms with E-state index in [1.54, 1.807) is 17.2 Å². The smallest absolute Gasteiger partial charge is 0.267 e. The van der Waals surface area contributed by atoms with E-state index in [-0.39, 0.29) is 11.5 Å². The van der Waals surface area contributed by atoms with Crippen molar-refractivity contribution in [1.29, 1.82) is 0 Å². The Kier molecular flexibility index (Phi) is 8.78. The number of hydrogen-bond donors (Lipinski definition) is 1. The third-order valence-corrected chi connectivity index (χ3v) is 7.98. The molecule has 182 valence electrons. The zero-order valence-corrected chi connectivity index (χ0v) is 21.6. The molecule has 2 aromatic rings. The summed E-state index contributed by atoms with van der Waals surface area (Å²) in [5, 5.41) is 3.52. The number of unbranched alkanes of at least 4 members (excludes halogenated alkanes) is 5. The van der Waals surface area contributed by atoms with Crippen LogP contribution in [-0.2, 0) is 4.79 Å². The molecule has 0 aromatic carbocycles. The van der Waals surface area contributed by atoms with Crippen molar-refractivity contribution in [1.82, 2.24) is 14.3 Å². The number of pyridine rings is 1. The largest absolute Gasteiger partial charge is 0.367 e. The SMILES string of the molecule is CCCCCCCCN1C(=O)C(=Cc2c(NC3CCCCC3)nc3ccccn3c2=O)SC1=S. The van der Waals surface area contributed by atoms with Crippen LogP contribution < -0.4 is 10.9 Å². The molecule has 1 amide bonds. The second kappa shape index (κ2) is 12.0. The van der Waals surface area contributed by atoms with Crippen LogP contribution in [0.2, 0.25) is 0 Å². The van der Waals surface area contributed by atoms with Gasteiger partial charge in [-0.05, 0) is 37.5 Å². The van der Waals surface area contributed by atoms with Gasteiger partial charge in [0.05, 0.1) is 10.5 Å². The van der Waals surface area contributed by atoms with Crippen LogP contribution in [0, 0.1) is 0 Å². The Morgan fingerprint density at radius 2 is 1.88 bits per heavy atom. The van der Waals surface area contributed by atoms with E-state index in [1.165, 1.54) is 61.1 Å². The molecular formula is C26H34N4O2S2. The highest BCUT2D eigenvalue weighted by molar-refractivity contribution is 8.26. The van der Waals surface area contributed by atoms with Crippen molar-refractivity contribution in [2.24, 2.45) is 0 Å². The first-order chi connectivity index (χ1) is 16.6. The van der Waals surface area contributed by atoms with Crippen molar-refractivity contribution < 1.29 is 4.79 Å². The van der Waals surface area contributed by atoms with Gasteiger partial charge in [-0.25, -0.2) is 4.98 Å². The number of anilines is 1. The van der Waals surface area contributed by atoms with Crippen LogP contribution in [0.15, 0.2) is 34.1 Å². The van der Waals surface area contributed by atoms with E-state index in [4.69, 9.17) is 17.2 Å². The number of nitrogens with zero attached hydrogens (tertiary/aromatic N) is 3. The maximum absolute atomic E-state index is 13.4. The fourth-order valence-corrected chi connectivity index (χ4v) is 5.95. The third kappa shape index (κ3) is 5.89. The minimum atomic E-state index is -0.176. The molecule has 34 heavy (non-hydrogen) atoms. The molecule has 2 aromatic heterocycles. The van der Waals surface area contributed by atoms with Crippen molar-refractivity contribution in [3.05, 3.63) is 45.2 Å². The number of nitrogens with one attached hydrogen (secondary N) is 1. The van der Waals surface area contributed by atoms with Crippen LogP contribution in [0.3, 0.4) is 0 Å². The van der Waals surface area contributed by atoms with Gasteiger partial charge in [-0.3, -0.25) is 18.9 Å². The molecule has 1 saturated carbocycles. The Labute approximate surface area is 211 Å². The molecule has 2 aliphatic rings. The van der Waals surface area contributed by atoms with E-state index in [2.05, 4.69) is 12.2 Å². The summed E-state index contributed by atoms with van der Waals surface area (Å²) in [4.78, 5) is 33.5.